The third-order valence-electron chi connectivity index (χ3n) is 3.59. The number of aromatic amines is 2. The number of fused-ring (bicyclic) bond motifs is 2. The summed E-state index contributed by atoms with van der Waals surface area (Å²) < 4.78 is 19.5. The number of nitrogens with zero attached hydrogens (tertiary/aromatic N) is 1. The number of hydrogen-bond donors (Lipinski definition) is 3. The van der Waals surface area contributed by atoms with Gasteiger partial charge in [0.25, 0.3) is 5.91 Å². The lowest BCUT2D eigenvalue weighted by Crippen LogP contribution is -2.12. The number of imidazole rings is 1. The number of hydrogen-bond acceptors (Lipinski definition) is 4. The van der Waals surface area contributed by atoms with Crippen LogP contribution in [0.25, 0.3) is 22.1 Å². The summed E-state index contributed by atoms with van der Waals surface area (Å²) >= 11 is 5.00. The van der Waals surface area contributed by atoms with E-state index < -0.39 is 11.7 Å². The zero-order valence-corrected chi connectivity index (χ0v) is 13.3. The van der Waals surface area contributed by atoms with Crippen molar-refractivity contribution in [3.63, 3.8) is 0 Å². The average Bonchev–Trinajstić information content (AvgIpc) is 3.06. The first-order valence-electron chi connectivity index (χ1n) is 7.10. The van der Waals surface area contributed by atoms with Crippen LogP contribution in [0.1, 0.15) is 16.2 Å². The van der Waals surface area contributed by atoms with E-state index in [2.05, 4.69) is 20.3 Å². The fourth-order valence-electron chi connectivity index (χ4n) is 2.61. The molecule has 0 aliphatic carbocycles. The normalized spacial score (nSPS) is 11.2. The van der Waals surface area contributed by atoms with Gasteiger partial charge >= 0.3 is 0 Å². The number of rotatable bonds is 2. The van der Waals surface area contributed by atoms with Gasteiger partial charge in [-0.1, -0.05) is 0 Å². The number of carbonyl (C=O) groups excluding carboxylic acids is 1. The summed E-state index contributed by atoms with van der Waals surface area (Å²) in [4.78, 5) is 22.4. The molecule has 0 saturated heterocycles. The second-order valence-corrected chi connectivity index (χ2v) is 5.73. The summed E-state index contributed by atoms with van der Waals surface area (Å²) in [5.74, 6) is -0.440. The van der Waals surface area contributed by atoms with E-state index in [1.54, 1.807) is 25.1 Å². The molecule has 0 fully saturated rings. The molecule has 0 aliphatic heterocycles. The number of aromatic nitrogens is 3. The number of aryl methyl sites for hydroxylation is 1. The van der Waals surface area contributed by atoms with Crippen LogP contribution in [-0.4, -0.2) is 20.9 Å². The number of oxazole rings is 1. The van der Waals surface area contributed by atoms with Crippen molar-refractivity contribution in [1.82, 2.24) is 15.0 Å². The van der Waals surface area contributed by atoms with Crippen molar-refractivity contribution < 1.29 is 13.6 Å². The summed E-state index contributed by atoms with van der Waals surface area (Å²) in [7, 11) is 0. The molecule has 2 aromatic heterocycles. The van der Waals surface area contributed by atoms with E-state index >= 15 is 0 Å². The Morgan fingerprint density at radius 2 is 2.12 bits per heavy atom. The lowest BCUT2D eigenvalue weighted by Gasteiger charge is -2.06. The molecule has 8 heteroatoms. The van der Waals surface area contributed by atoms with E-state index in [0.29, 0.717) is 38.5 Å². The second-order valence-electron chi connectivity index (χ2n) is 5.32. The molecule has 0 aliphatic rings. The first-order valence-corrected chi connectivity index (χ1v) is 7.50. The van der Waals surface area contributed by atoms with Crippen molar-refractivity contribution in [2.45, 2.75) is 6.92 Å². The van der Waals surface area contributed by atoms with Crippen LogP contribution < -0.4 is 5.32 Å². The minimum Gasteiger partial charge on any atom is -0.441 e. The topological polar surface area (TPSA) is 86.7 Å². The molecule has 120 valence electrons. The molecule has 6 nitrogen and oxygen atoms in total. The van der Waals surface area contributed by atoms with Gasteiger partial charge in [0.05, 0.1) is 16.6 Å². The minimum absolute atomic E-state index is 0.161. The second kappa shape index (κ2) is 5.27. The van der Waals surface area contributed by atoms with E-state index in [1.807, 2.05) is 0 Å². The standard InChI is InChI=1S/C16H11FN4O2S/c1-7-18-11-6-9(2-3-13(11)23-7)19-15(22)10-4-8(17)5-12-14(10)21-16(24)20-12/h2-6H,1H3,(H,19,22)(H2,20,21,24). The number of H-pyrrole nitrogens is 2. The molecule has 3 N–H and O–H groups in total. The molecule has 4 aromatic rings. The Morgan fingerprint density at radius 3 is 2.96 bits per heavy atom. The van der Waals surface area contributed by atoms with Gasteiger partial charge in [0.2, 0.25) is 0 Å². The lowest BCUT2D eigenvalue weighted by atomic mass is 10.1. The molecule has 2 heterocycles. The van der Waals surface area contributed by atoms with Gasteiger partial charge in [-0.2, -0.15) is 0 Å². The molecular weight excluding hydrogens is 331 g/mol. The van der Waals surface area contributed by atoms with Crippen LogP contribution in [0, 0.1) is 17.5 Å². The van der Waals surface area contributed by atoms with Gasteiger partial charge in [-0.25, -0.2) is 9.37 Å². The Bertz CT molecular complexity index is 1160. The molecule has 1 amide bonds. The van der Waals surface area contributed by atoms with Crippen molar-refractivity contribution in [3.05, 3.63) is 52.4 Å². The first kappa shape index (κ1) is 14.6. The highest BCUT2D eigenvalue weighted by atomic mass is 32.1. The van der Waals surface area contributed by atoms with Gasteiger partial charge in [-0.15, -0.1) is 0 Å². The maximum atomic E-state index is 13.7. The van der Waals surface area contributed by atoms with Crippen LogP contribution in [0.3, 0.4) is 0 Å². The number of nitrogens with one attached hydrogen (secondary N) is 3. The number of carbonyl (C=O) groups is 1. The molecule has 0 bridgehead atoms. The van der Waals surface area contributed by atoms with E-state index in [4.69, 9.17) is 16.6 Å². The van der Waals surface area contributed by atoms with Gasteiger partial charge in [0, 0.05) is 12.6 Å². The Hall–Kier alpha value is -3.00. The van der Waals surface area contributed by atoms with Crippen molar-refractivity contribution >= 4 is 45.9 Å². The highest BCUT2D eigenvalue weighted by molar-refractivity contribution is 7.71. The Morgan fingerprint density at radius 1 is 1.29 bits per heavy atom. The molecule has 0 radical (unpaired) electrons. The Kier molecular flexibility index (Phi) is 3.20. The molecule has 0 unspecified atom stereocenters. The summed E-state index contributed by atoms with van der Waals surface area (Å²) in [5, 5.41) is 2.73. The van der Waals surface area contributed by atoms with Crippen LogP contribution >= 0.6 is 12.2 Å². The summed E-state index contributed by atoms with van der Waals surface area (Å²) in [5.41, 5.74) is 2.86. The number of anilines is 1. The molecule has 0 atom stereocenters. The largest absolute Gasteiger partial charge is 0.441 e. The minimum atomic E-state index is -0.527. The van der Waals surface area contributed by atoms with Gasteiger partial charge in [-0.3, -0.25) is 4.79 Å². The first-order chi connectivity index (χ1) is 11.5. The number of amides is 1. The maximum Gasteiger partial charge on any atom is 0.257 e. The van der Waals surface area contributed by atoms with E-state index in [-0.39, 0.29) is 5.56 Å². The van der Waals surface area contributed by atoms with Crippen LogP contribution in [-0.2, 0) is 0 Å². The highest BCUT2D eigenvalue weighted by Crippen LogP contribution is 2.22. The van der Waals surface area contributed by atoms with Gasteiger partial charge in [0.15, 0.2) is 16.2 Å². The van der Waals surface area contributed by atoms with E-state index in [0.717, 1.165) is 6.07 Å². The van der Waals surface area contributed by atoms with Crippen molar-refractivity contribution in [2.75, 3.05) is 5.32 Å². The summed E-state index contributed by atoms with van der Waals surface area (Å²) in [6.45, 7) is 1.75. The summed E-state index contributed by atoms with van der Waals surface area (Å²) in [6.07, 6.45) is 0. The fourth-order valence-corrected chi connectivity index (χ4v) is 2.82. The predicted molar refractivity (Wildman–Crippen MR) is 90.1 cm³/mol. The lowest BCUT2D eigenvalue weighted by molar-refractivity contribution is 0.102. The molecule has 2 aromatic carbocycles. The molecule has 0 saturated carbocycles. The SMILES string of the molecule is Cc1nc2cc(NC(=O)c3cc(F)cc4[nH]c(=S)[nH]c34)ccc2o1. The zero-order valence-electron chi connectivity index (χ0n) is 12.4. The van der Waals surface area contributed by atoms with Gasteiger partial charge in [-0.05, 0) is 42.5 Å². The molecule has 24 heavy (non-hydrogen) atoms. The predicted octanol–water partition coefficient (Wildman–Crippen LogP) is 4.07. The van der Waals surface area contributed by atoms with E-state index in [9.17, 15) is 9.18 Å². The molecule has 0 spiro atoms. The van der Waals surface area contributed by atoms with Crippen LogP contribution in [0.5, 0.6) is 0 Å². The van der Waals surface area contributed by atoms with Gasteiger partial charge in [0.1, 0.15) is 11.3 Å². The van der Waals surface area contributed by atoms with Crippen molar-refractivity contribution in [2.24, 2.45) is 0 Å². The van der Waals surface area contributed by atoms with Crippen LogP contribution in [0.15, 0.2) is 34.7 Å². The van der Waals surface area contributed by atoms with Crippen molar-refractivity contribution in [3.8, 4) is 0 Å². The van der Waals surface area contributed by atoms with E-state index in [1.165, 1.54) is 6.07 Å². The average molecular weight is 342 g/mol. The van der Waals surface area contributed by atoms with Gasteiger partial charge < -0.3 is 19.7 Å². The third kappa shape index (κ3) is 2.46. The van der Waals surface area contributed by atoms with Crippen LogP contribution in [0.2, 0.25) is 0 Å². The maximum absolute atomic E-state index is 13.7. The number of benzene rings is 2. The smallest absolute Gasteiger partial charge is 0.257 e. The summed E-state index contributed by atoms with van der Waals surface area (Å²) in [6, 6.07) is 7.55. The fraction of sp³-hybridized carbons (Fsp3) is 0.0625. The van der Waals surface area contributed by atoms with Crippen molar-refractivity contribution in [1.29, 1.82) is 0 Å². The van der Waals surface area contributed by atoms with Crippen LogP contribution in [0.4, 0.5) is 10.1 Å². The Labute approximate surface area is 139 Å². The molecular formula is C16H11FN4O2S. The number of halogens is 1. The molecule has 4 rings (SSSR count). The highest BCUT2D eigenvalue weighted by Gasteiger charge is 2.15. The quantitative estimate of drug-likeness (QED) is 0.479. The third-order valence-corrected chi connectivity index (χ3v) is 3.79. The Balaban J connectivity index is 1.74. The monoisotopic (exact) mass is 342 g/mol. The zero-order chi connectivity index (χ0) is 16.8.